The van der Waals surface area contributed by atoms with Crippen molar-refractivity contribution in [1.82, 2.24) is 14.3 Å². The van der Waals surface area contributed by atoms with E-state index < -0.39 is 0 Å². The van der Waals surface area contributed by atoms with Crippen LogP contribution in [0, 0.1) is 11.8 Å². The van der Waals surface area contributed by atoms with Gasteiger partial charge in [0.1, 0.15) is 5.82 Å². The minimum atomic E-state index is 0.200. The summed E-state index contributed by atoms with van der Waals surface area (Å²) in [6, 6.07) is 8.51. The van der Waals surface area contributed by atoms with Crippen molar-refractivity contribution in [3.05, 3.63) is 24.3 Å². The molecule has 2 atom stereocenters. The molecule has 6 nitrogen and oxygen atoms in total. The number of nitrogens with zero attached hydrogens (tertiary/aromatic N) is 5. The summed E-state index contributed by atoms with van der Waals surface area (Å²) in [5.41, 5.74) is 0. The Morgan fingerprint density at radius 2 is 1.80 bits per heavy atom. The average molecular weight is 426 g/mol. The largest absolute Gasteiger partial charge is 0.353 e. The number of carbonyl (C=O) groups excluding carboxylic acids is 1. The van der Waals surface area contributed by atoms with Gasteiger partial charge < -0.3 is 4.90 Å². The molecule has 30 heavy (non-hydrogen) atoms. The summed E-state index contributed by atoms with van der Waals surface area (Å²) in [4.78, 5) is 17.7. The Morgan fingerprint density at radius 3 is 2.70 bits per heavy atom. The van der Waals surface area contributed by atoms with Crippen LogP contribution in [0.4, 0.5) is 5.82 Å². The molecule has 1 aromatic heterocycles. The number of carbonyl (C=O) groups is 1. The highest BCUT2D eigenvalue weighted by atomic mass is 32.1. The smallest absolute Gasteiger partial charge is 0.246 e. The van der Waals surface area contributed by atoms with Crippen LogP contribution in [0.25, 0.3) is 10.1 Å². The molecule has 0 bridgehead atoms. The number of hydrogen-bond acceptors (Lipinski definition) is 6. The van der Waals surface area contributed by atoms with Gasteiger partial charge in [-0.2, -0.15) is 9.47 Å². The first kappa shape index (κ1) is 19.9. The molecule has 1 saturated carbocycles. The maximum absolute atomic E-state index is 12.7. The molecule has 1 aromatic carbocycles. The molecule has 160 valence electrons. The second-order valence-corrected chi connectivity index (χ2v) is 9.62. The molecule has 1 saturated heterocycles. The Morgan fingerprint density at radius 1 is 1.00 bits per heavy atom. The summed E-state index contributed by atoms with van der Waals surface area (Å²) in [6.45, 7) is 6.09. The lowest BCUT2D eigenvalue weighted by Crippen LogP contribution is -2.47. The monoisotopic (exact) mass is 425 g/mol. The molecular formula is C23H31N5OS. The van der Waals surface area contributed by atoms with Crippen molar-refractivity contribution in [3.8, 4) is 0 Å². The lowest BCUT2D eigenvalue weighted by molar-refractivity contribution is -0.138. The van der Waals surface area contributed by atoms with Crippen molar-refractivity contribution in [2.75, 3.05) is 44.2 Å². The number of hydrogen-bond donors (Lipinski definition) is 0. The molecule has 3 aliphatic rings. The molecule has 1 aliphatic carbocycles. The molecular weight excluding hydrogens is 394 g/mol. The fraction of sp³-hybridized carbons (Fsp3) is 0.609. The summed E-state index contributed by atoms with van der Waals surface area (Å²) in [6.07, 6.45) is 8.81. The number of piperazine rings is 1. The second-order valence-electron chi connectivity index (χ2n) is 8.82. The van der Waals surface area contributed by atoms with E-state index in [0.717, 1.165) is 70.8 Å². The van der Waals surface area contributed by atoms with Crippen molar-refractivity contribution in [2.45, 2.75) is 38.5 Å². The molecule has 2 fully saturated rings. The third kappa shape index (κ3) is 4.10. The SMILES string of the molecule is O=C1[C@@H]2CCCC[C@H]2C=NN1CCCCN1CCN(c2nsc3ccccc23)CC1. The van der Waals surface area contributed by atoms with E-state index in [-0.39, 0.29) is 11.8 Å². The summed E-state index contributed by atoms with van der Waals surface area (Å²) in [7, 11) is 0. The van der Waals surface area contributed by atoms with Crippen molar-refractivity contribution >= 4 is 39.6 Å². The number of aromatic nitrogens is 1. The van der Waals surface area contributed by atoms with Gasteiger partial charge in [0, 0.05) is 56.2 Å². The van der Waals surface area contributed by atoms with E-state index >= 15 is 0 Å². The number of fused-ring (bicyclic) bond motifs is 2. The van der Waals surface area contributed by atoms with Gasteiger partial charge in [0.15, 0.2) is 0 Å². The van der Waals surface area contributed by atoms with Gasteiger partial charge in [0.25, 0.3) is 0 Å². The van der Waals surface area contributed by atoms with Crippen molar-refractivity contribution in [1.29, 1.82) is 0 Å². The zero-order valence-corrected chi connectivity index (χ0v) is 18.4. The lowest BCUT2D eigenvalue weighted by atomic mass is 9.78. The zero-order chi connectivity index (χ0) is 20.3. The molecule has 5 rings (SSSR count). The van der Waals surface area contributed by atoms with E-state index in [9.17, 15) is 4.79 Å². The van der Waals surface area contributed by atoms with E-state index in [1.807, 2.05) is 6.21 Å². The van der Waals surface area contributed by atoms with Gasteiger partial charge >= 0.3 is 0 Å². The van der Waals surface area contributed by atoms with Gasteiger partial charge in [-0.25, -0.2) is 5.01 Å². The van der Waals surface area contributed by atoms with Crippen LogP contribution in [0.5, 0.6) is 0 Å². The van der Waals surface area contributed by atoms with Crippen LogP contribution in [0.3, 0.4) is 0 Å². The summed E-state index contributed by atoms with van der Waals surface area (Å²) in [5.74, 6) is 2.02. The van der Waals surface area contributed by atoms with E-state index in [1.165, 1.54) is 22.9 Å². The third-order valence-corrected chi connectivity index (χ3v) is 7.73. The molecule has 2 aromatic rings. The second kappa shape index (κ2) is 9.02. The van der Waals surface area contributed by atoms with Gasteiger partial charge in [-0.3, -0.25) is 9.69 Å². The van der Waals surface area contributed by atoms with Crippen LogP contribution in [-0.4, -0.2) is 65.7 Å². The number of rotatable bonds is 6. The lowest BCUT2D eigenvalue weighted by Gasteiger charge is -2.36. The standard InChI is InChI=1S/C23H31N5OS/c29-23-19-8-2-1-7-18(19)17-24-28(23)12-6-5-11-26-13-15-27(16-14-26)22-20-9-3-4-10-21(20)30-25-22/h3-4,9-10,17-19H,1-2,5-8,11-16H2/t18-,19+/m0/s1. The fourth-order valence-corrected chi connectivity index (χ4v) is 5.90. The number of amides is 1. The third-order valence-electron chi connectivity index (χ3n) is 6.91. The first-order chi connectivity index (χ1) is 14.8. The highest BCUT2D eigenvalue weighted by Gasteiger charge is 2.35. The number of unbranched alkanes of at least 4 members (excludes halogenated alkanes) is 1. The Bertz CT molecular complexity index is 904. The average Bonchev–Trinajstić information content (AvgIpc) is 3.23. The molecule has 7 heteroatoms. The minimum Gasteiger partial charge on any atom is -0.353 e. The fourth-order valence-electron chi connectivity index (χ4n) is 5.11. The van der Waals surface area contributed by atoms with E-state index in [2.05, 4.69) is 39.2 Å². The highest BCUT2D eigenvalue weighted by molar-refractivity contribution is 7.13. The summed E-state index contributed by atoms with van der Waals surface area (Å²) >= 11 is 1.60. The topological polar surface area (TPSA) is 52.0 Å². The van der Waals surface area contributed by atoms with Gasteiger partial charge in [0.2, 0.25) is 5.91 Å². The van der Waals surface area contributed by atoms with Crippen LogP contribution in [0.1, 0.15) is 38.5 Å². The quantitative estimate of drug-likeness (QED) is 0.660. The van der Waals surface area contributed by atoms with Crippen LogP contribution >= 0.6 is 11.5 Å². The zero-order valence-electron chi connectivity index (χ0n) is 17.6. The van der Waals surface area contributed by atoms with Gasteiger partial charge in [-0.15, -0.1) is 0 Å². The molecule has 0 unspecified atom stereocenters. The van der Waals surface area contributed by atoms with Crippen molar-refractivity contribution in [3.63, 3.8) is 0 Å². The number of anilines is 1. The Kier molecular flexibility index (Phi) is 6.00. The predicted molar refractivity (Wildman–Crippen MR) is 123 cm³/mol. The summed E-state index contributed by atoms with van der Waals surface area (Å²) in [5, 5.41) is 7.50. The van der Waals surface area contributed by atoms with Crippen LogP contribution in [-0.2, 0) is 4.79 Å². The van der Waals surface area contributed by atoms with Gasteiger partial charge in [0.05, 0.1) is 4.70 Å². The normalized spacial score (nSPS) is 25.1. The number of hydrazone groups is 1. The van der Waals surface area contributed by atoms with E-state index in [1.54, 1.807) is 16.5 Å². The Labute approximate surface area is 182 Å². The molecule has 0 radical (unpaired) electrons. The van der Waals surface area contributed by atoms with Gasteiger partial charge in [-0.1, -0.05) is 25.0 Å². The van der Waals surface area contributed by atoms with Crippen LogP contribution < -0.4 is 4.90 Å². The molecule has 2 aliphatic heterocycles. The molecule has 0 N–H and O–H groups in total. The predicted octanol–water partition coefficient (Wildman–Crippen LogP) is 3.83. The molecule has 0 spiro atoms. The molecule has 1 amide bonds. The first-order valence-corrected chi connectivity index (χ1v) is 12.2. The Hall–Kier alpha value is -1.99. The van der Waals surface area contributed by atoms with Crippen LogP contribution in [0.2, 0.25) is 0 Å². The van der Waals surface area contributed by atoms with Crippen LogP contribution in [0.15, 0.2) is 29.4 Å². The first-order valence-electron chi connectivity index (χ1n) is 11.5. The molecule has 3 heterocycles. The van der Waals surface area contributed by atoms with Gasteiger partial charge in [-0.05, 0) is 55.9 Å². The van der Waals surface area contributed by atoms with E-state index in [0.29, 0.717) is 5.92 Å². The van der Waals surface area contributed by atoms with Crippen molar-refractivity contribution in [2.24, 2.45) is 16.9 Å². The summed E-state index contributed by atoms with van der Waals surface area (Å²) < 4.78 is 5.97. The van der Waals surface area contributed by atoms with Crippen molar-refractivity contribution < 1.29 is 4.79 Å². The Balaban J connectivity index is 1.05. The highest BCUT2D eigenvalue weighted by Crippen LogP contribution is 2.33. The number of benzene rings is 1. The maximum Gasteiger partial charge on any atom is 0.246 e. The maximum atomic E-state index is 12.7. The van der Waals surface area contributed by atoms with E-state index in [4.69, 9.17) is 4.37 Å². The minimum absolute atomic E-state index is 0.200.